The second-order valence-electron chi connectivity index (χ2n) is 6.74. The predicted octanol–water partition coefficient (Wildman–Crippen LogP) is 1.76. The number of nitro benzene ring substituents is 1. The Morgan fingerprint density at radius 2 is 1.55 bits per heavy atom. The first-order valence-corrected chi connectivity index (χ1v) is 10.3. The Labute approximate surface area is 177 Å². The Morgan fingerprint density at radius 1 is 1.03 bits per heavy atom. The van der Waals surface area contributed by atoms with Gasteiger partial charge in [0.25, 0.3) is 5.69 Å². The highest BCUT2D eigenvalue weighted by atomic mass is 32.2. The van der Waals surface area contributed by atoms with Crippen LogP contribution in [0.5, 0.6) is 0 Å². The number of nitro groups is 1. The van der Waals surface area contributed by atoms with Crippen molar-refractivity contribution in [1.29, 1.82) is 5.26 Å². The minimum Gasteiger partial charge on any atom is -0.468 e. The molecule has 1 aliphatic carbocycles. The van der Waals surface area contributed by atoms with Crippen molar-refractivity contribution in [2.75, 3.05) is 14.2 Å². The molecule has 3 rings (SSSR count). The van der Waals surface area contributed by atoms with Crippen LogP contribution < -0.4 is 0 Å². The van der Waals surface area contributed by atoms with E-state index in [0.29, 0.717) is 0 Å². The van der Waals surface area contributed by atoms with Crippen LogP contribution in [0.2, 0.25) is 0 Å². The van der Waals surface area contributed by atoms with Gasteiger partial charge in [0.2, 0.25) is 5.41 Å². The number of non-ortho nitro benzene ring substituents is 1. The number of methoxy groups -OCH3 is 2. The number of ether oxygens (including phenoxy) is 2. The van der Waals surface area contributed by atoms with Gasteiger partial charge in [-0.3, -0.25) is 19.7 Å². The highest BCUT2D eigenvalue weighted by molar-refractivity contribution is 7.93. The van der Waals surface area contributed by atoms with Gasteiger partial charge in [-0.15, -0.1) is 0 Å². The first-order chi connectivity index (χ1) is 14.7. The number of rotatable bonds is 6. The first-order valence-electron chi connectivity index (χ1n) is 8.79. The molecule has 1 saturated carbocycles. The smallest absolute Gasteiger partial charge is 0.326 e. The molecule has 1 aliphatic rings. The van der Waals surface area contributed by atoms with Gasteiger partial charge in [-0.05, 0) is 17.7 Å². The van der Waals surface area contributed by atoms with Crippen molar-refractivity contribution in [1.82, 2.24) is 0 Å². The molecule has 2 atom stereocenters. The van der Waals surface area contributed by atoms with Gasteiger partial charge >= 0.3 is 11.9 Å². The molecular formula is C20H16N2O8S. The molecule has 0 unspecified atom stereocenters. The number of sulfone groups is 1. The molecule has 10 nitrogen and oxygen atoms in total. The van der Waals surface area contributed by atoms with Crippen molar-refractivity contribution in [3.05, 3.63) is 70.3 Å². The van der Waals surface area contributed by atoms with E-state index in [4.69, 9.17) is 9.47 Å². The Balaban J connectivity index is 2.35. The van der Waals surface area contributed by atoms with Crippen molar-refractivity contribution in [3.63, 3.8) is 0 Å². The fourth-order valence-electron chi connectivity index (χ4n) is 4.03. The summed E-state index contributed by atoms with van der Waals surface area (Å²) in [5.74, 6) is -4.04. The third kappa shape index (κ3) is 2.72. The van der Waals surface area contributed by atoms with E-state index in [1.807, 2.05) is 0 Å². The van der Waals surface area contributed by atoms with Crippen molar-refractivity contribution in [2.24, 2.45) is 5.41 Å². The largest absolute Gasteiger partial charge is 0.468 e. The SMILES string of the molecule is COC(=O)C1(C(=O)OC)[C@@H](c2ccc([N+](=O)[O-])cc2)[C@]1(C#N)S(=O)(=O)c1ccccc1. The minimum absolute atomic E-state index is 0.0578. The van der Waals surface area contributed by atoms with Crippen molar-refractivity contribution in [2.45, 2.75) is 15.6 Å². The van der Waals surface area contributed by atoms with Gasteiger partial charge in [0.15, 0.2) is 14.6 Å². The fourth-order valence-corrected chi connectivity index (χ4v) is 6.31. The first kappa shape index (κ1) is 21.9. The monoisotopic (exact) mass is 444 g/mol. The Morgan fingerprint density at radius 3 is 1.97 bits per heavy atom. The molecular weight excluding hydrogens is 428 g/mol. The lowest BCUT2D eigenvalue weighted by Crippen LogP contribution is -2.40. The van der Waals surface area contributed by atoms with Gasteiger partial charge in [0.05, 0.1) is 30.1 Å². The topological polar surface area (TPSA) is 154 Å². The number of benzene rings is 2. The van der Waals surface area contributed by atoms with E-state index < -0.39 is 42.8 Å². The third-order valence-corrected chi connectivity index (χ3v) is 7.83. The zero-order valence-corrected chi connectivity index (χ0v) is 17.2. The lowest BCUT2D eigenvalue weighted by molar-refractivity contribution is -0.384. The number of esters is 2. The summed E-state index contributed by atoms with van der Waals surface area (Å²) in [6, 6.07) is 13.1. The predicted molar refractivity (Wildman–Crippen MR) is 104 cm³/mol. The second-order valence-corrected chi connectivity index (χ2v) is 8.86. The molecule has 11 heteroatoms. The van der Waals surface area contributed by atoms with Crippen LogP contribution in [0.3, 0.4) is 0 Å². The van der Waals surface area contributed by atoms with Crippen LogP contribution in [0.15, 0.2) is 59.5 Å². The van der Waals surface area contributed by atoms with Gasteiger partial charge in [0, 0.05) is 18.1 Å². The molecule has 160 valence electrons. The van der Waals surface area contributed by atoms with Crippen LogP contribution in [0.4, 0.5) is 5.69 Å². The summed E-state index contributed by atoms with van der Waals surface area (Å²) in [6.45, 7) is 0. The quantitative estimate of drug-likeness (QED) is 0.280. The number of nitrogens with zero attached hydrogens (tertiary/aromatic N) is 2. The summed E-state index contributed by atoms with van der Waals surface area (Å²) in [6.07, 6.45) is 0. The number of nitriles is 1. The average molecular weight is 444 g/mol. The molecule has 0 heterocycles. The Hall–Kier alpha value is -3.78. The maximum absolute atomic E-state index is 13.6. The Bertz CT molecular complexity index is 1190. The number of carbonyl (C=O) groups is 2. The lowest BCUT2D eigenvalue weighted by Gasteiger charge is -2.17. The summed E-state index contributed by atoms with van der Waals surface area (Å²) in [5.41, 5.74) is -2.75. The summed E-state index contributed by atoms with van der Waals surface area (Å²) in [4.78, 5) is 35.7. The molecule has 0 bridgehead atoms. The van der Waals surface area contributed by atoms with E-state index in [1.165, 1.54) is 36.4 Å². The summed E-state index contributed by atoms with van der Waals surface area (Å²) in [7, 11) is -2.71. The highest BCUT2D eigenvalue weighted by Gasteiger charge is 2.93. The van der Waals surface area contributed by atoms with Crippen LogP contribution in [0, 0.1) is 26.9 Å². The molecule has 0 amide bonds. The third-order valence-electron chi connectivity index (χ3n) is 5.44. The Kier molecular flexibility index (Phi) is 5.29. The summed E-state index contributed by atoms with van der Waals surface area (Å²) < 4.78 is 34.1. The van der Waals surface area contributed by atoms with Crippen LogP contribution in [0.1, 0.15) is 11.5 Å². The van der Waals surface area contributed by atoms with Gasteiger partial charge < -0.3 is 9.47 Å². The zero-order valence-electron chi connectivity index (χ0n) is 16.3. The summed E-state index contributed by atoms with van der Waals surface area (Å²) in [5, 5.41) is 21.1. The molecule has 0 N–H and O–H groups in total. The van der Waals surface area contributed by atoms with E-state index in [0.717, 1.165) is 26.4 Å². The lowest BCUT2D eigenvalue weighted by atomic mass is 9.98. The number of hydrogen-bond donors (Lipinski definition) is 0. The van der Waals surface area contributed by atoms with E-state index in [-0.39, 0.29) is 16.1 Å². The zero-order chi connectivity index (χ0) is 23.0. The molecule has 0 spiro atoms. The van der Waals surface area contributed by atoms with Crippen LogP contribution in [-0.4, -0.2) is 44.2 Å². The second kappa shape index (κ2) is 7.48. The average Bonchev–Trinajstić information content (AvgIpc) is 3.44. The van der Waals surface area contributed by atoms with E-state index in [9.17, 15) is 33.4 Å². The van der Waals surface area contributed by atoms with Crippen LogP contribution in [0.25, 0.3) is 0 Å². The molecule has 2 aromatic rings. The molecule has 31 heavy (non-hydrogen) atoms. The highest BCUT2D eigenvalue weighted by Crippen LogP contribution is 2.73. The van der Waals surface area contributed by atoms with Gasteiger partial charge in [-0.25, -0.2) is 8.42 Å². The van der Waals surface area contributed by atoms with Crippen molar-refractivity contribution < 1.29 is 32.4 Å². The molecule has 0 saturated heterocycles. The molecule has 0 aliphatic heterocycles. The van der Waals surface area contributed by atoms with E-state index >= 15 is 0 Å². The van der Waals surface area contributed by atoms with Crippen molar-refractivity contribution >= 4 is 27.5 Å². The van der Waals surface area contributed by atoms with Crippen molar-refractivity contribution in [3.8, 4) is 6.07 Å². The molecule has 2 aromatic carbocycles. The molecule has 1 fully saturated rings. The fraction of sp³-hybridized carbons (Fsp3) is 0.250. The number of carbonyl (C=O) groups excluding carboxylic acids is 2. The minimum atomic E-state index is -4.62. The molecule has 0 aromatic heterocycles. The normalized spacial score (nSPS) is 21.4. The molecule has 0 radical (unpaired) electrons. The van der Waals surface area contributed by atoms with Crippen LogP contribution in [-0.2, 0) is 28.9 Å². The van der Waals surface area contributed by atoms with Crippen LogP contribution >= 0.6 is 0 Å². The summed E-state index contributed by atoms with van der Waals surface area (Å²) >= 11 is 0. The van der Waals surface area contributed by atoms with Gasteiger partial charge in [-0.2, -0.15) is 5.26 Å². The van der Waals surface area contributed by atoms with Gasteiger partial charge in [0.1, 0.15) is 0 Å². The standard InChI is InChI=1S/C20H16N2O8S/c1-29-17(23)20(18(24)30-2)16(13-8-10-14(11-9-13)22(25)26)19(20,12-21)31(27,28)15-6-4-3-5-7-15/h3-11,16H,1-2H3/t16-,19-/m0/s1. The van der Waals surface area contributed by atoms with Gasteiger partial charge in [-0.1, -0.05) is 30.3 Å². The van der Waals surface area contributed by atoms with E-state index in [2.05, 4.69) is 0 Å². The maximum atomic E-state index is 13.6. The maximum Gasteiger partial charge on any atom is 0.326 e. The number of hydrogen-bond acceptors (Lipinski definition) is 9. The van der Waals surface area contributed by atoms with E-state index in [1.54, 1.807) is 12.1 Å².